The number of rotatable bonds is 4. The van der Waals surface area contributed by atoms with Crippen LogP contribution in [0, 0.1) is 6.92 Å². The van der Waals surface area contributed by atoms with Gasteiger partial charge in [-0.25, -0.2) is 0 Å². The van der Waals surface area contributed by atoms with Crippen LogP contribution in [0.3, 0.4) is 0 Å². The molecular formula is C14H14ClNO2. The Morgan fingerprint density at radius 1 is 1.22 bits per heavy atom. The van der Waals surface area contributed by atoms with Gasteiger partial charge in [0, 0.05) is 0 Å². The van der Waals surface area contributed by atoms with Crippen molar-refractivity contribution in [3.63, 3.8) is 0 Å². The highest BCUT2D eigenvalue weighted by atomic mass is 35.5. The van der Waals surface area contributed by atoms with E-state index >= 15 is 0 Å². The first-order valence-electron chi connectivity index (χ1n) is 5.57. The summed E-state index contributed by atoms with van der Waals surface area (Å²) >= 11 is 6.08. The van der Waals surface area contributed by atoms with E-state index in [1.165, 1.54) is 0 Å². The van der Waals surface area contributed by atoms with Crippen LogP contribution in [0.1, 0.15) is 11.3 Å². The van der Waals surface area contributed by atoms with E-state index < -0.39 is 0 Å². The molecule has 0 aliphatic carbocycles. The van der Waals surface area contributed by atoms with Crippen molar-refractivity contribution in [3.05, 3.63) is 52.8 Å². The zero-order valence-corrected chi connectivity index (χ0v) is 11.1. The number of aryl methyl sites for hydroxylation is 1. The van der Waals surface area contributed by atoms with Gasteiger partial charge in [0.25, 0.3) is 0 Å². The molecule has 0 spiro atoms. The van der Waals surface area contributed by atoms with Crippen molar-refractivity contribution in [1.82, 2.24) is 4.98 Å². The Morgan fingerprint density at radius 3 is 2.67 bits per heavy atom. The van der Waals surface area contributed by atoms with Crippen LogP contribution in [-0.2, 0) is 6.61 Å². The average molecular weight is 264 g/mol. The van der Waals surface area contributed by atoms with E-state index in [0.29, 0.717) is 17.4 Å². The summed E-state index contributed by atoms with van der Waals surface area (Å²) in [5, 5.41) is 0.614. The van der Waals surface area contributed by atoms with Crippen LogP contribution in [0.5, 0.6) is 11.5 Å². The second-order valence-electron chi connectivity index (χ2n) is 3.91. The standard InChI is InChI=1S/C14H14ClNO2/c1-10-3-6-14(13(15)7-10)18-9-11-4-5-12(17-2)8-16-11/h3-8H,9H2,1-2H3. The van der Waals surface area contributed by atoms with Gasteiger partial charge in [0.1, 0.15) is 18.1 Å². The molecule has 4 heteroatoms. The fourth-order valence-electron chi connectivity index (χ4n) is 1.49. The molecule has 2 aromatic rings. The van der Waals surface area contributed by atoms with Gasteiger partial charge in [-0.05, 0) is 36.8 Å². The summed E-state index contributed by atoms with van der Waals surface area (Å²) in [7, 11) is 1.61. The number of benzene rings is 1. The second kappa shape index (κ2) is 5.74. The zero-order chi connectivity index (χ0) is 13.0. The molecule has 0 saturated heterocycles. The van der Waals surface area contributed by atoms with Crippen molar-refractivity contribution in [2.75, 3.05) is 7.11 Å². The Labute approximate surface area is 111 Å². The maximum Gasteiger partial charge on any atom is 0.138 e. The maximum absolute atomic E-state index is 6.08. The number of methoxy groups -OCH3 is 1. The summed E-state index contributed by atoms with van der Waals surface area (Å²) in [6.45, 7) is 2.37. The van der Waals surface area contributed by atoms with Gasteiger partial charge < -0.3 is 9.47 Å². The molecule has 0 aliphatic heterocycles. The maximum atomic E-state index is 6.08. The monoisotopic (exact) mass is 263 g/mol. The molecule has 2 rings (SSSR count). The minimum absolute atomic E-state index is 0.382. The largest absolute Gasteiger partial charge is 0.495 e. The highest BCUT2D eigenvalue weighted by Crippen LogP contribution is 2.25. The summed E-state index contributed by atoms with van der Waals surface area (Å²) in [6.07, 6.45) is 1.66. The average Bonchev–Trinajstić information content (AvgIpc) is 2.38. The van der Waals surface area contributed by atoms with Crippen molar-refractivity contribution in [3.8, 4) is 11.5 Å². The SMILES string of the molecule is COc1ccc(COc2ccc(C)cc2Cl)nc1. The second-order valence-corrected chi connectivity index (χ2v) is 4.32. The first kappa shape index (κ1) is 12.7. The van der Waals surface area contributed by atoms with E-state index in [2.05, 4.69) is 4.98 Å². The molecule has 0 aliphatic rings. The molecule has 18 heavy (non-hydrogen) atoms. The summed E-state index contributed by atoms with van der Waals surface area (Å²) in [4.78, 5) is 4.22. The van der Waals surface area contributed by atoms with Crippen molar-refractivity contribution in [2.24, 2.45) is 0 Å². The number of hydrogen-bond donors (Lipinski definition) is 0. The molecule has 94 valence electrons. The molecule has 3 nitrogen and oxygen atoms in total. The number of nitrogens with zero attached hydrogens (tertiary/aromatic N) is 1. The molecule has 1 heterocycles. The molecule has 0 N–H and O–H groups in total. The number of ether oxygens (including phenoxy) is 2. The first-order valence-corrected chi connectivity index (χ1v) is 5.94. The topological polar surface area (TPSA) is 31.4 Å². The molecule has 0 radical (unpaired) electrons. The summed E-state index contributed by atoms with van der Waals surface area (Å²) in [5.74, 6) is 1.40. The van der Waals surface area contributed by atoms with Gasteiger partial charge in [-0.1, -0.05) is 17.7 Å². The van der Waals surface area contributed by atoms with Gasteiger partial charge in [-0.3, -0.25) is 4.98 Å². The lowest BCUT2D eigenvalue weighted by Crippen LogP contribution is -1.98. The lowest BCUT2D eigenvalue weighted by atomic mass is 10.2. The van der Waals surface area contributed by atoms with Crippen LogP contribution < -0.4 is 9.47 Å². The zero-order valence-electron chi connectivity index (χ0n) is 10.3. The van der Waals surface area contributed by atoms with E-state index in [9.17, 15) is 0 Å². The van der Waals surface area contributed by atoms with Crippen molar-refractivity contribution < 1.29 is 9.47 Å². The third-order valence-electron chi connectivity index (χ3n) is 2.50. The third-order valence-corrected chi connectivity index (χ3v) is 2.79. The molecule has 1 aromatic heterocycles. The first-order chi connectivity index (χ1) is 8.69. The smallest absolute Gasteiger partial charge is 0.138 e. The lowest BCUT2D eigenvalue weighted by Gasteiger charge is -2.08. The molecule has 0 fully saturated rings. The van der Waals surface area contributed by atoms with E-state index in [-0.39, 0.29) is 0 Å². The molecule has 1 aromatic carbocycles. The van der Waals surface area contributed by atoms with Crippen molar-refractivity contribution in [2.45, 2.75) is 13.5 Å². The highest BCUT2D eigenvalue weighted by molar-refractivity contribution is 6.32. The van der Waals surface area contributed by atoms with Gasteiger partial charge >= 0.3 is 0 Å². The van der Waals surface area contributed by atoms with Crippen LogP contribution in [0.25, 0.3) is 0 Å². The lowest BCUT2D eigenvalue weighted by molar-refractivity contribution is 0.301. The van der Waals surface area contributed by atoms with E-state index in [4.69, 9.17) is 21.1 Å². The van der Waals surface area contributed by atoms with Crippen LogP contribution in [0.2, 0.25) is 5.02 Å². The quantitative estimate of drug-likeness (QED) is 0.844. The summed E-state index contributed by atoms with van der Waals surface area (Å²) in [6, 6.07) is 9.41. The van der Waals surface area contributed by atoms with Crippen molar-refractivity contribution >= 4 is 11.6 Å². The predicted octanol–water partition coefficient (Wildman–Crippen LogP) is 3.63. The molecular weight excluding hydrogens is 250 g/mol. The van der Waals surface area contributed by atoms with Gasteiger partial charge in [-0.2, -0.15) is 0 Å². The van der Waals surface area contributed by atoms with Gasteiger partial charge in [0.2, 0.25) is 0 Å². The number of halogens is 1. The summed E-state index contributed by atoms with van der Waals surface area (Å²) in [5.41, 5.74) is 1.93. The number of aromatic nitrogens is 1. The predicted molar refractivity (Wildman–Crippen MR) is 71.3 cm³/mol. The van der Waals surface area contributed by atoms with Crippen LogP contribution >= 0.6 is 11.6 Å². The Kier molecular flexibility index (Phi) is 4.05. The van der Waals surface area contributed by atoms with Gasteiger partial charge in [-0.15, -0.1) is 0 Å². The molecule has 0 bridgehead atoms. The van der Waals surface area contributed by atoms with Gasteiger partial charge in [0.15, 0.2) is 0 Å². The van der Waals surface area contributed by atoms with E-state index in [0.717, 1.165) is 17.0 Å². The van der Waals surface area contributed by atoms with Crippen LogP contribution in [0.15, 0.2) is 36.5 Å². The highest BCUT2D eigenvalue weighted by Gasteiger charge is 2.03. The fraction of sp³-hybridized carbons (Fsp3) is 0.214. The Bertz CT molecular complexity index is 526. The summed E-state index contributed by atoms with van der Waals surface area (Å²) < 4.78 is 10.7. The molecule has 0 amide bonds. The van der Waals surface area contributed by atoms with Crippen LogP contribution in [-0.4, -0.2) is 12.1 Å². The molecule has 0 atom stereocenters. The van der Waals surface area contributed by atoms with Gasteiger partial charge in [0.05, 0.1) is 24.0 Å². The Hall–Kier alpha value is -1.74. The minimum atomic E-state index is 0.382. The van der Waals surface area contributed by atoms with Crippen LogP contribution in [0.4, 0.5) is 0 Å². The van der Waals surface area contributed by atoms with E-state index in [1.54, 1.807) is 13.3 Å². The Balaban J connectivity index is 2.02. The fourth-order valence-corrected chi connectivity index (χ4v) is 1.78. The minimum Gasteiger partial charge on any atom is -0.495 e. The Morgan fingerprint density at radius 2 is 2.06 bits per heavy atom. The molecule has 0 unspecified atom stereocenters. The normalized spacial score (nSPS) is 10.2. The third kappa shape index (κ3) is 3.14. The number of hydrogen-bond acceptors (Lipinski definition) is 3. The molecule has 0 saturated carbocycles. The number of pyridine rings is 1. The van der Waals surface area contributed by atoms with E-state index in [1.807, 2.05) is 37.3 Å². The van der Waals surface area contributed by atoms with Crippen molar-refractivity contribution in [1.29, 1.82) is 0 Å².